The molecule has 2 nitrogen and oxygen atoms in total. The number of pyridine rings is 1. The highest BCUT2D eigenvalue weighted by Crippen LogP contribution is 2.26. The molecule has 0 atom stereocenters. The maximum atomic E-state index is 4.73. The molecule has 0 aliphatic carbocycles. The van der Waals surface area contributed by atoms with Crippen LogP contribution in [0.15, 0.2) is 47.1 Å². The summed E-state index contributed by atoms with van der Waals surface area (Å²) in [6.07, 6.45) is 2.08. The molecule has 0 saturated carbocycles. The van der Waals surface area contributed by atoms with E-state index in [1.165, 1.54) is 5.56 Å². The highest BCUT2D eigenvalue weighted by atomic mass is 79.9. The number of nitrogens with zero attached hydrogens (tertiary/aromatic N) is 2. The molecule has 2 heterocycles. The van der Waals surface area contributed by atoms with Gasteiger partial charge in [0, 0.05) is 21.9 Å². The van der Waals surface area contributed by atoms with Crippen LogP contribution in [0.2, 0.25) is 0 Å². The largest absolute Gasteiger partial charge is 0.303 e. The second-order valence-corrected chi connectivity index (χ2v) is 5.30. The molecule has 0 unspecified atom stereocenters. The summed E-state index contributed by atoms with van der Waals surface area (Å²) in [5.74, 6) is 0. The Morgan fingerprint density at radius 1 is 1.11 bits per heavy atom. The van der Waals surface area contributed by atoms with Gasteiger partial charge in [0.2, 0.25) is 0 Å². The smallest absolute Gasteiger partial charge is 0.137 e. The molecule has 0 saturated heterocycles. The molecule has 3 aromatic rings. The monoisotopic (exact) mass is 300 g/mol. The van der Waals surface area contributed by atoms with E-state index in [9.17, 15) is 0 Å². The summed E-state index contributed by atoms with van der Waals surface area (Å²) >= 11 is 3.57. The van der Waals surface area contributed by atoms with E-state index < -0.39 is 0 Å². The van der Waals surface area contributed by atoms with E-state index in [0.717, 1.165) is 27.1 Å². The number of benzene rings is 1. The molecule has 3 rings (SSSR count). The Balaban J connectivity index is 2.30. The first-order valence-electron chi connectivity index (χ1n) is 5.87. The van der Waals surface area contributed by atoms with E-state index in [2.05, 4.69) is 58.6 Å². The van der Waals surface area contributed by atoms with E-state index in [0.29, 0.717) is 0 Å². The zero-order valence-corrected chi connectivity index (χ0v) is 11.9. The molecular weight excluding hydrogens is 288 g/mol. The third-order valence-corrected chi connectivity index (χ3v) is 4.02. The number of hydrogen-bond donors (Lipinski definition) is 0. The summed E-state index contributed by atoms with van der Waals surface area (Å²) in [6.45, 7) is 4.18. The van der Waals surface area contributed by atoms with E-state index >= 15 is 0 Å². The Morgan fingerprint density at radius 2 is 1.83 bits per heavy atom. The van der Waals surface area contributed by atoms with Gasteiger partial charge in [-0.3, -0.25) is 0 Å². The Labute approximate surface area is 114 Å². The van der Waals surface area contributed by atoms with Gasteiger partial charge < -0.3 is 4.40 Å². The topological polar surface area (TPSA) is 17.3 Å². The van der Waals surface area contributed by atoms with Crippen molar-refractivity contribution >= 4 is 21.6 Å². The molecule has 0 spiro atoms. The maximum Gasteiger partial charge on any atom is 0.137 e. The average Bonchev–Trinajstić information content (AvgIpc) is 2.69. The van der Waals surface area contributed by atoms with Gasteiger partial charge in [-0.05, 0) is 41.4 Å². The predicted molar refractivity (Wildman–Crippen MR) is 77.8 cm³/mol. The fourth-order valence-electron chi connectivity index (χ4n) is 2.15. The summed E-state index contributed by atoms with van der Waals surface area (Å²) in [7, 11) is 0. The molecule has 0 amide bonds. The average molecular weight is 301 g/mol. The molecule has 0 aliphatic heterocycles. The number of fused-ring (bicyclic) bond motifs is 1. The first kappa shape index (κ1) is 11.5. The van der Waals surface area contributed by atoms with Crippen LogP contribution in [0.1, 0.15) is 11.3 Å². The zero-order chi connectivity index (χ0) is 12.7. The minimum absolute atomic E-state index is 0.993. The molecule has 0 aliphatic rings. The zero-order valence-electron chi connectivity index (χ0n) is 10.3. The Bertz CT molecular complexity index is 714. The van der Waals surface area contributed by atoms with Crippen molar-refractivity contribution in [2.24, 2.45) is 0 Å². The Hall–Kier alpha value is -1.61. The van der Waals surface area contributed by atoms with E-state index in [4.69, 9.17) is 4.98 Å². The summed E-state index contributed by atoms with van der Waals surface area (Å²) < 4.78 is 3.23. The molecule has 2 aromatic heterocycles. The predicted octanol–water partition coefficient (Wildman–Crippen LogP) is 4.38. The van der Waals surface area contributed by atoms with Crippen LogP contribution < -0.4 is 0 Å². The number of halogens is 1. The minimum atomic E-state index is 0.993. The van der Waals surface area contributed by atoms with Gasteiger partial charge in [-0.15, -0.1) is 0 Å². The molecule has 0 fully saturated rings. The van der Waals surface area contributed by atoms with Crippen LogP contribution in [0, 0.1) is 13.8 Å². The second kappa shape index (κ2) is 4.25. The lowest BCUT2D eigenvalue weighted by molar-refractivity contribution is 1.09. The van der Waals surface area contributed by atoms with Crippen LogP contribution in [0.3, 0.4) is 0 Å². The number of aromatic nitrogens is 2. The third-order valence-electron chi connectivity index (χ3n) is 3.19. The SMILES string of the molecule is Cc1cc2nc(-c3ccccc3)c(C)n2cc1Br. The minimum Gasteiger partial charge on any atom is -0.303 e. The van der Waals surface area contributed by atoms with Crippen LogP contribution in [-0.4, -0.2) is 9.38 Å². The van der Waals surface area contributed by atoms with Crippen LogP contribution in [0.4, 0.5) is 0 Å². The number of hydrogen-bond acceptors (Lipinski definition) is 1. The molecule has 0 bridgehead atoms. The normalized spacial score (nSPS) is 11.1. The van der Waals surface area contributed by atoms with Crippen LogP contribution in [-0.2, 0) is 0 Å². The highest BCUT2D eigenvalue weighted by Gasteiger charge is 2.11. The number of rotatable bonds is 1. The van der Waals surface area contributed by atoms with Gasteiger partial charge >= 0.3 is 0 Å². The van der Waals surface area contributed by atoms with Crippen molar-refractivity contribution in [1.82, 2.24) is 9.38 Å². The lowest BCUT2D eigenvalue weighted by Crippen LogP contribution is -1.89. The number of imidazole rings is 1. The van der Waals surface area contributed by atoms with Crippen molar-refractivity contribution in [3.63, 3.8) is 0 Å². The van der Waals surface area contributed by atoms with Crippen molar-refractivity contribution in [2.45, 2.75) is 13.8 Å². The summed E-state index contributed by atoms with van der Waals surface area (Å²) in [6, 6.07) is 12.4. The van der Waals surface area contributed by atoms with Gasteiger partial charge in [-0.2, -0.15) is 0 Å². The molecule has 1 aromatic carbocycles. The van der Waals surface area contributed by atoms with Crippen molar-refractivity contribution < 1.29 is 0 Å². The van der Waals surface area contributed by atoms with Gasteiger partial charge in [-0.25, -0.2) is 4.98 Å². The van der Waals surface area contributed by atoms with Crippen molar-refractivity contribution in [2.75, 3.05) is 0 Å². The fraction of sp³-hybridized carbons (Fsp3) is 0.133. The third kappa shape index (κ3) is 1.75. The highest BCUT2D eigenvalue weighted by molar-refractivity contribution is 9.10. The number of aryl methyl sites for hydroxylation is 2. The quantitative estimate of drug-likeness (QED) is 0.652. The molecular formula is C15H13BrN2. The van der Waals surface area contributed by atoms with Gasteiger partial charge in [0.15, 0.2) is 0 Å². The molecule has 90 valence electrons. The molecule has 0 radical (unpaired) electrons. The van der Waals surface area contributed by atoms with Crippen molar-refractivity contribution in [3.05, 3.63) is 58.3 Å². The summed E-state index contributed by atoms with van der Waals surface area (Å²) in [5.41, 5.74) is 5.57. The van der Waals surface area contributed by atoms with Crippen molar-refractivity contribution in [3.8, 4) is 11.3 Å². The second-order valence-electron chi connectivity index (χ2n) is 4.44. The fourth-order valence-corrected chi connectivity index (χ4v) is 2.47. The van der Waals surface area contributed by atoms with Crippen LogP contribution >= 0.6 is 15.9 Å². The first-order valence-corrected chi connectivity index (χ1v) is 6.66. The molecule has 0 N–H and O–H groups in total. The van der Waals surface area contributed by atoms with Crippen LogP contribution in [0.5, 0.6) is 0 Å². The summed E-state index contributed by atoms with van der Waals surface area (Å²) in [5, 5.41) is 0. The maximum absolute atomic E-state index is 4.73. The standard InChI is InChI=1S/C15H13BrN2/c1-10-8-14-17-15(12-6-4-3-5-7-12)11(2)18(14)9-13(10)16/h3-9H,1-2H3. The van der Waals surface area contributed by atoms with Crippen LogP contribution in [0.25, 0.3) is 16.9 Å². The van der Waals surface area contributed by atoms with Gasteiger partial charge in [0.1, 0.15) is 5.65 Å². The van der Waals surface area contributed by atoms with E-state index in [1.54, 1.807) is 0 Å². The van der Waals surface area contributed by atoms with Gasteiger partial charge in [-0.1, -0.05) is 30.3 Å². The summed E-state index contributed by atoms with van der Waals surface area (Å²) in [4.78, 5) is 4.73. The van der Waals surface area contributed by atoms with Crippen molar-refractivity contribution in [1.29, 1.82) is 0 Å². The lowest BCUT2D eigenvalue weighted by atomic mass is 10.1. The van der Waals surface area contributed by atoms with Gasteiger partial charge in [0.25, 0.3) is 0 Å². The Morgan fingerprint density at radius 3 is 2.56 bits per heavy atom. The van der Waals surface area contributed by atoms with E-state index in [1.807, 2.05) is 18.2 Å². The van der Waals surface area contributed by atoms with Gasteiger partial charge in [0.05, 0.1) is 5.69 Å². The molecule has 18 heavy (non-hydrogen) atoms. The van der Waals surface area contributed by atoms with E-state index in [-0.39, 0.29) is 0 Å². The lowest BCUT2D eigenvalue weighted by Gasteiger charge is -2.01. The Kier molecular flexibility index (Phi) is 2.71. The first-order chi connectivity index (χ1) is 8.66. The molecule has 3 heteroatoms.